The molecule has 0 aliphatic rings. The van der Waals surface area contributed by atoms with Crippen LogP contribution in [0.1, 0.15) is 21.5 Å². The number of hydrogen-bond acceptors (Lipinski definition) is 7. The molecule has 12 nitrogen and oxygen atoms in total. The molecule has 0 aliphatic carbocycles. The van der Waals surface area contributed by atoms with Crippen LogP contribution in [0.3, 0.4) is 0 Å². The van der Waals surface area contributed by atoms with Crippen molar-refractivity contribution in [3.63, 3.8) is 0 Å². The Bertz CT molecular complexity index is 1460. The quantitative estimate of drug-likeness (QED) is 0.0799. The summed E-state index contributed by atoms with van der Waals surface area (Å²) >= 11 is 6.11. The lowest BCUT2D eigenvalue weighted by Gasteiger charge is -2.18. The predicted molar refractivity (Wildman–Crippen MR) is 150 cm³/mol. The van der Waals surface area contributed by atoms with E-state index in [4.69, 9.17) is 22.6 Å². The lowest BCUT2D eigenvalue weighted by molar-refractivity contribution is -0.123. The standard InChI is InChI=1S/C26H24ClN7O5/c1-29-31-15-34(28)22-9-6-19(27)13-18(22)5-11-24(36)33-21(12-16-2-10-23(35)30-14-16)25(37)32-20-7-3-17(4-8-20)26(38)39/h2-11,13-15,21H,1,12,28H2,(H,30,35)(H,32,37)(H,33,36)(H,38,39)/b11-5+,31-15-/t21-/m0/s1. The molecule has 0 radical (unpaired) electrons. The summed E-state index contributed by atoms with van der Waals surface area (Å²) in [6.07, 6.45) is 5.40. The first-order chi connectivity index (χ1) is 18.7. The van der Waals surface area contributed by atoms with Crippen molar-refractivity contribution in [2.75, 3.05) is 10.3 Å². The van der Waals surface area contributed by atoms with Gasteiger partial charge in [-0.2, -0.15) is 5.10 Å². The van der Waals surface area contributed by atoms with Crippen LogP contribution in [0.5, 0.6) is 0 Å². The van der Waals surface area contributed by atoms with E-state index in [2.05, 4.69) is 32.5 Å². The average molecular weight is 550 g/mol. The molecule has 0 saturated heterocycles. The fourth-order valence-corrected chi connectivity index (χ4v) is 3.55. The zero-order chi connectivity index (χ0) is 28.4. The zero-order valence-electron chi connectivity index (χ0n) is 20.4. The normalized spacial score (nSPS) is 11.7. The smallest absolute Gasteiger partial charge is 0.335 e. The Kier molecular flexibility index (Phi) is 9.84. The average Bonchev–Trinajstić information content (AvgIpc) is 2.91. The third-order valence-electron chi connectivity index (χ3n) is 5.26. The van der Waals surface area contributed by atoms with E-state index >= 15 is 0 Å². The van der Waals surface area contributed by atoms with Crippen molar-refractivity contribution in [1.29, 1.82) is 0 Å². The van der Waals surface area contributed by atoms with Gasteiger partial charge < -0.3 is 20.7 Å². The maximum atomic E-state index is 13.1. The summed E-state index contributed by atoms with van der Waals surface area (Å²) < 4.78 is 0. The summed E-state index contributed by atoms with van der Waals surface area (Å²) in [5.41, 5.74) is 1.61. The van der Waals surface area contributed by atoms with Gasteiger partial charge in [0.2, 0.25) is 17.4 Å². The van der Waals surface area contributed by atoms with Crippen LogP contribution in [0.2, 0.25) is 5.02 Å². The highest BCUT2D eigenvalue weighted by molar-refractivity contribution is 6.30. The van der Waals surface area contributed by atoms with Gasteiger partial charge in [0.05, 0.1) is 11.3 Å². The van der Waals surface area contributed by atoms with Gasteiger partial charge in [0.1, 0.15) is 12.4 Å². The molecule has 39 heavy (non-hydrogen) atoms. The molecule has 0 bridgehead atoms. The molecule has 0 aliphatic heterocycles. The first-order valence-electron chi connectivity index (χ1n) is 11.3. The molecule has 3 aromatic rings. The lowest BCUT2D eigenvalue weighted by atomic mass is 10.1. The topological polar surface area (TPSA) is 182 Å². The van der Waals surface area contributed by atoms with Gasteiger partial charge in [-0.15, -0.1) is 5.10 Å². The minimum absolute atomic E-state index is 0.0550. The fourth-order valence-electron chi connectivity index (χ4n) is 3.37. The zero-order valence-corrected chi connectivity index (χ0v) is 21.1. The van der Waals surface area contributed by atoms with Gasteiger partial charge in [-0.05, 0) is 54.1 Å². The van der Waals surface area contributed by atoms with Crippen molar-refractivity contribution in [1.82, 2.24) is 10.3 Å². The van der Waals surface area contributed by atoms with Gasteiger partial charge in [0.15, 0.2) is 0 Å². The van der Waals surface area contributed by atoms with E-state index in [0.717, 1.165) is 0 Å². The van der Waals surface area contributed by atoms with E-state index in [1.165, 1.54) is 66.1 Å². The number of amides is 2. The molecule has 1 aromatic heterocycles. The van der Waals surface area contributed by atoms with Crippen LogP contribution >= 0.6 is 11.6 Å². The molecule has 3 rings (SSSR count). The summed E-state index contributed by atoms with van der Waals surface area (Å²) in [7, 11) is 0. The van der Waals surface area contributed by atoms with E-state index in [0.29, 0.717) is 27.5 Å². The number of anilines is 2. The monoisotopic (exact) mass is 549 g/mol. The molecule has 2 aromatic carbocycles. The number of nitrogens with two attached hydrogens (primary N) is 1. The predicted octanol–water partition coefficient (Wildman–Crippen LogP) is 2.43. The number of benzene rings is 2. The minimum Gasteiger partial charge on any atom is -0.478 e. The van der Waals surface area contributed by atoms with Crippen LogP contribution in [-0.4, -0.2) is 47.0 Å². The number of pyridine rings is 1. The number of halogens is 1. The molecule has 0 unspecified atom stereocenters. The second kappa shape index (κ2) is 13.5. The van der Waals surface area contributed by atoms with Crippen molar-refractivity contribution in [2.45, 2.75) is 12.5 Å². The molecule has 1 atom stereocenters. The van der Waals surface area contributed by atoms with Gasteiger partial charge in [-0.25, -0.2) is 10.6 Å². The van der Waals surface area contributed by atoms with E-state index < -0.39 is 23.8 Å². The van der Waals surface area contributed by atoms with Crippen molar-refractivity contribution in [2.24, 2.45) is 16.0 Å². The third kappa shape index (κ3) is 8.49. The van der Waals surface area contributed by atoms with Gasteiger partial charge in [-0.3, -0.25) is 19.4 Å². The number of H-pyrrole nitrogens is 1. The van der Waals surface area contributed by atoms with Gasteiger partial charge in [-0.1, -0.05) is 17.7 Å². The molecule has 0 fully saturated rings. The Morgan fingerprint density at radius 3 is 2.54 bits per heavy atom. The highest BCUT2D eigenvalue weighted by atomic mass is 35.5. The summed E-state index contributed by atoms with van der Waals surface area (Å²) in [5, 5.41) is 22.9. The van der Waals surface area contributed by atoms with Crippen LogP contribution in [0.15, 0.2) is 81.9 Å². The third-order valence-corrected chi connectivity index (χ3v) is 5.50. The van der Waals surface area contributed by atoms with E-state index in [-0.39, 0.29) is 17.5 Å². The minimum atomic E-state index is -1.10. The molecule has 200 valence electrons. The van der Waals surface area contributed by atoms with Gasteiger partial charge >= 0.3 is 5.97 Å². The molecule has 6 N–H and O–H groups in total. The first-order valence-corrected chi connectivity index (χ1v) is 11.7. The highest BCUT2D eigenvalue weighted by Crippen LogP contribution is 2.23. The van der Waals surface area contributed by atoms with Crippen LogP contribution in [0.25, 0.3) is 6.08 Å². The highest BCUT2D eigenvalue weighted by Gasteiger charge is 2.21. The number of nitrogens with zero attached hydrogens (tertiary/aromatic N) is 3. The van der Waals surface area contributed by atoms with Crippen LogP contribution in [0, 0.1) is 0 Å². The van der Waals surface area contributed by atoms with Crippen LogP contribution in [0.4, 0.5) is 11.4 Å². The van der Waals surface area contributed by atoms with Crippen molar-refractivity contribution in [3.05, 3.63) is 98.9 Å². The maximum Gasteiger partial charge on any atom is 0.335 e. The fraction of sp³-hybridized carbons (Fsp3) is 0.0769. The lowest BCUT2D eigenvalue weighted by Crippen LogP contribution is -2.44. The number of aromatic amines is 1. The summed E-state index contributed by atoms with van der Waals surface area (Å²) in [6.45, 7) is 3.24. The maximum absolute atomic E-state index is 13.1. The Morgan fingerprint density at radius 2 is 1.90 bits per heavy atom. The number of hydrogen-bond donors (Lipinski definition) is 5. The van der Waals surface area contributed by atoms with Crippen molar-refractivity contribution in [3.8, 4) is 0 Å². The Labute approximate surface area is 227 Å². The first kappa shape index (κ1) is 28.5. The molecular weight excluding hydrogens is 526 g/mol. The second-order valence-corrected chi connectivity index (χ2v) is 8.45. The van der Waals surface area contributed by atoms with Gasteiger partial charge in [0, 0.05) is 47.8 Å². The Morgan fingerprint density at radius 1 is 1.15 bits per heavy atom. The van der Waals surface area contributed by atoms with Crippen molar-refractivity contribution < 1.29 is 19.5 Å². The number of carbonyl (C=O) groups excluding carboxylic acids is 2. The number of hydrazine groups is 1. The summed E-state index contributed by atoms with van der Waals surface area (Å²) in [6, 6.07) is 12.2. The molecular formula is C26H24ClN7O5. The Balaban J connectivity index is 1.81. The summed E-state index contributed by atoms with van der Waals surface area (Å²) in [5.74, 6) is 3.70. The van der Waals surface area contributed by atoms with Crippen molar-refractivity contribution >= 4 is 59.9 Å². The van der Waals surface area contributed by atoms with Gasteiger partial charge in [0.25, 0.3) is 0 Å². The van der Waals surface area contributed by atoms with Crippen LogP contribution in [-0.2, 0) is 16.0 Å². The van der Waals surface area contributed by atoms with E-state index in [1.54, 1.807) is 18.2 Å². The molecule has 1 heterocycles. The second-order valence-electron chi connectivity index (χ2n) is 8.01. The molecule has 0 saturated carbocycles. The molecule has 2 amide bonds. The SMILES string of the molecule is C=N/N=C\N(N)c1ccc(Cl)cc1/C=C/C(=O)N[C@@H](Cc1ccc(=O)[nH]c1)C(=O)Nc1ccc(C(=O)O)cc1. The number of rotatable bonds is 11. The molecule has 13 heteroatoms. The Hall–Kier alpha value is -5.07. The largest absolute Gasteiger partial charge is 0.478 e. The summed E-state index contributed by atoms with van der Waals surface area (Å²) in [4.78, 5) is 51.0. The number of carboxylic acid groups (broad SMARTS) is 1. The van der Waals surface area contributed by atoms with E-state index in [1.807, 2.05) is 0 Å². The number of aromatic carboxylic acids is 1. The molecule has 0 spiro atoms. The number of carboxylic acids is 1. The number of aromatic nitrogens is 1. The van der Waals surface area contributed by atoms with Crippen LogP contribution < -0.4 is 27.0 Å². The van der Waals surface area contributed by atoms with E-state index in [9.17, 15) is 19.2 Å². The number of carbonyl (C=O) groups is 3. The number of nitrogens with one attached hydrogen (secondary N) is 3.